The van der Waals surface area contributed by atoms with Gasteiger partial charge in [-0.15, -0.1) is 0 Å². The van der Waals surface area contributed by atoms with Gasteiger partial charge in [0.2, 0.25) is 0 Å². The van der Waals surface area contributed by atoms with E-state index in [1.54, 1.807) is 67.8 Å². The number of halogens is 2. The van der Waals surface area contributed by atoms with Crippen LogP contribution in [0.4, 0.5) is 8.78 Å². The van der Waals surface area contributed by atoms with Crippen LogP contribution in [0.3, 0.4) is 0 Å². The molecule has 32 heavy (non-hydrogen) atoms. The molecule has 3 aromatic rings. The molecule has 0 aliphatic carbocycles. The highest BCUT2D eigenvalue weighted by molar-refractivity contribution is 5.72. The van der Waals surface area contributed by atoms with Crippen molar-refractivity contribution < 1.29 is 23.0 Å². The molecule has 0 amide bonds. The number of hydrogen-bond acceptors (Lipinski definition) is 3. The zero-order valence-electron chi connectivity index (χ0n) is 18.7. The Balaban J connectivity index is 1.63. The Labute approximate surface area is 189 Å². The molecule has 0 aliphatic heterocycles. The van der Waals surface area contributed by atoms with Crippen molar-refractivity contribution in [3.05, 3.63) is 72.3 Å². The summed E-state index contributed by atoms with van der Waals surface area (Å²) in [6.07, 6.45) is 4.24. The van der Waals surface area contributed by atoms with Crippen LogP contribution >= 0.6 is 0 Å². The maximum absolute atomic E-state index is 14.9. The van der Waals surface area contributed by atoms with Crippen LogP contribution in [0.1, 0.15) is 32.6 Å². The van der Waals surface area contributed by atoms with Crippen molar-refractivity contribution in [3.63, 3.8) is 0 Å². The van der Waals surface area contributed by atoms with Crippen molar-refractivity contribution in [1.82, 2.24) is 0 Å². The van der Waals surface area contributed by atoms with Crippen LogP contribution in [-0.2, 0) is 4.74 Å². The highest BCUT2D eigenvalue weighted by Crippen LogP contribution is 2.32. The molecule has 0 fully saturated rings. The molecular formula is C27H30F2O3. The fourth-order valence-corrected chi connectivity index (χ4v) is 3.52. The topological polar surface area (TPSA) is 27.7 Å². The number of rotatable bonds is 12. The summed E-state index contributed by atoms with van der Waals surface area (Å²) in [7, 11) is 1.71. The molecule has 5 heteroatoms. The zero-order valence-corrected chi connectivity index (χ0v) is 18.7. The van der Waals surface area contributed by atoms with Crippen molar-refractivity contribution in [2.75, 3.05) is 26.9 Å². The molecule has 3 aromatic carbocycles. The van der Waals surface area contributed by atoms with Crippen molar-refractivity contribution in [3.8, 4) is 33.8 Å². The van der Waals surface area contributed by atoms with Gasteiger partial charge in [-0.1, -0.05) is 42.8 Å². The summed E-state index contributed by atoms with van der Waals surface area (Å²) in [5, 5.41) is 0. The minimum absolute atomic E-state index is 0.222. The van der Waals surface area contributed by atoms with Gasteiger partial charge in [-0.3, -0.25) is 0 Å². The summed E-state index contributed by atoms with van der Waals surface area (Å²) in [4.78, 5) is 0. The van der Waals surface area contributed by atoms with Gasteiger partial charge in [0.05, 0.1) is 13.2 Å². The summed E-state index contributed by atoms with van der Waals surface area (Å²) in [5.74, 6) is -0.304. The summed E-state index contributed by atoms with van der Waals surface area (Å²) in [5.41, 5.74) is 1.65. The quantitative estimate of drug-likeness (QED) is 0.277. The van der Waals surface area contributed by atoms with Crippen molar-refractivity contribution >= 4 is 0 Å². The molecule has 0 heterocycles. The Morgan fingerprint density at radius 1 is 0.594 bits per heavy atom. The van der Waals surface area contributed by atoms with Gasteiger partial charge >= 0.3 is 0 Å². The van der Waals surface area contributed by atoms with Gasteiger partial charge in [-0.05, 0) is 61.6 Å². The predicted octanol–water partition coefficient (Wildman–Crippen LogP) is 7.28. The van der Waals surface area contributed by atoms with Crippen LogP contribution < -0.4 is 9.47 Å². The highest BCUT2D eigenvalue weighted by Gasteiger charge is 2.16. The van der Waals surface area contributed by atoms with Gasteiger partial charge in [-0.25, -0.2) is 8.78 Å². The second kappa shape index (κ2) is 12.2. The average Bonchev–Trinajstić information content (AvgIpc) is 2.82. The van der Waals surface area contributed by atoms with E-state index in [9.17, 15) is 8.78 Å². The minimum Gasteiger partial charge on any atom is -0.494 e. The Hall–Kier alpha value is -2.92. The smallest absolute Gasteiger partial charge is 0.167 e. The van der Waals surface area contributed by atoms with E-state index in [2.05, 4.69) is 0 Å². The molecule has 0 aromatic heterocycles. The van der Waals surface area contributed by atoms with Gasteiger partial charge in [0.25, 0.3) is 0 Å². The first kappa shape index (κ1) is 23.7. The lowest BCUT2D eigenvalue weighted by Gasteiger charge is -2.11. The number of ether oxygens (including phenoxy) is 3. The Morgan fingerprint density at radius 3 is 1.53 bits per heavy atom. The third-order valence-electron chi connectivity index (χ3n) is 5.24. The fraction of sp³-hybridized carbons (Fsp3) is 0.333. The molecule has 0 spiro atoms. The standard InChI is InChI=1S/C27H30F2O3/c1-3-31-22-12-8-20(9-13-22)24-16-17-25(27(29)26(24)28)21-10-14-23(15-11-21)32-19-7-5-4-6-18-30-2/h8-17H,3-7,18-19H2,1-2H3. The molecule has 0 N–H and O–H groups in total. The van der Waals surface area contributed by atoms with Crippen LogP contribution in [-0.4, -0.2) is 26.9 Å². The van der Waals surface area contributed by atoms with Gasteiger partial charge in [0, 0.05) is 24.8 Å². The second-order valence-corrected chi connectivity index (χ2v) is 7.53. The SMILES string of the molecule is CCOc1ccc(-c2ccc(-c3ccc(OCCCCCCOC)cc3)c(F)c2F)cc1. The van der Waals surface area contributed by atoms with Gasteiger partial charge < -0.3 is 14.2 Å². The van der Waals surface area contributed by atoms with Crippen LogP contribution in [0.25, 0.3) is 22.3 Å². The van der Waals surface area contributed by atoms with Crippen LogP contribution in [0.5, 0.6) is 11.5 Å². The number of unbranched alkanes of at least 4 members (excludes halogenated alkanes) is 3. The molecule has 0 bridgehead atoms. The summed E-state index contributed by atoms with van der Waals surface area (Å²) in [6.45, 7) is 3.87. The molecule has 0 radical (unpaired) electrons. The molecule has 0 aliphatic rings. The van der Waals surface area contributed by atoms with E-state index in [4.69, 9.17) is 14.2 Å². The van der Waals surface area contributed by atoms with E-state index < -0.39 is 11.6 Å². The van der Waals surface area contributed by atoms with E-state index in [0.29, 0.717) is 30.1 Å². The Morgan fingerprint density at radius 2 is 1.06 bits per heavy atom. The molecule has 3 nitrogen and oxygen atoms in total. The monoisotopic (exact) mass is 440 g/mol. The third kappa shape index (κ3) is 6.30. The van der Waals surface area contributed by atoms with Gasteiger partial charge in [0.1, 0.15) is 11.5 Å². The summed E-state index contributed by atoms with van der Waals surface area (Å²) in [6, 6.07) is 17.3. The van der Waals surface area contributed by atoms with E-state index in [1.165, 1.54) is 0 Å². The first-order valence-corrected chi connectivity index (χ1v) is 11.1. The molecule has 0 saturated heterocycles. The number of methoxy groups -OCH3 is 1. The van der Waals surface area contributed by atoms with E-state index >= 15 is 0 Å². The maximum atomic E-state index is 14.9. The fourth-order valence-electron chi connectivity index (χ4n) is 3.52. The first-order chi connectivity index (χ1) is 15.6. The van der Waals surface area contributed by atoms with E-state index in [0.717, 1.165) is 38.0 Å². The lowest BCUT2D eigenvalue weighted by molar-refractivity contribution is 0.191. The van der Waals surface area contributed by atoms with Crippen LogP contribution in [0.2, 0.25) is 0 Å². The largest absolute Gasteiger partial charge is 0.494 e. The molecule has 170 valence electrons. The normalized spacial score (nSPS) is 10.9. The molecular weight excluding hydrogens is 410 g/mol. The molecule has 3 rings (SSSR count). The summed E-state index contributed by atoms with van der Waals surface area (Å²) < 4.78 is 45.9. The van der Waals surface area contributed by atoms with E-state index in [-0.39, 0.29) is 11.1 Å². The lowest BCUT2D eigenvalue weighted by Crippen LogP contribution is -1.98. The Bertz CT molecular complexity index is 969. The highest BCUT2D eigenvalue weighted by atomic mass is 19.2. The van der Waals surface area contributed by atoms with Crippen molar-refractivity contribution in [2.45, 2.75) is 32.6 Å². The summed E-state index contributed by atoms with van der Waals surface area (Å²) >= 11 is 0. The second-order valence-electron chi connectivity index (χ2n) is 7.53. The molecule has 0 unspecified atom stereocenters. The van der Waals surface area contributed by atoms with Crippen molar-refractivity contribution in [2.24, 2.45) is 0 Å². The number of benzene rings is 3. The maximum Gasteiger partial charge on any atom is 0.167 e. The zero-order chi connectivity index (χ0) is 22.8. The van der Waals surface area contributed by atoms with Crippen LogP contribution in [0.15, 0.2) is 60.7 Å². The van der Waals surface area contributed by atoms with Crippen LogP contribution in [0, 0.1) is 11.6 Å². The van der Waals surface area contributed by atoms with Gasteiger partial charge in [0.15, 0.2) is 11.6 Å². The van der Waals surface area contributed by atoms with Gasteiger partial charge in [-0.2, -0.15) is 0 Å². The van der Waals surface area contributed by atoms with Crippen molar-refractivity contribution in [1.29, 1.82) is 0 Å². The molecule has 0 saturated carbocycles. The average molecular weight is 441 g/mol. The first-order valence-electron chi connectivity index (χ1n) is 11.1. The van der Waals surface area contributed by atoms with E-state index in [1.807, 2.05) is 6.92 Å². The predicted molar refractivity (Wildman–Crippen MR) is 124 cm³/mol. The Kier molecular flexibility index (Phi) is 9.05. The molecule has 0 atom stereocenters. The minimum atomic E-state index is -0.861. The number of hydrogen-bond donors (Lipinski definition) is 0. The lowest BCUT2D eigenvalue weighted by atomic mass is 9.98. The third-order valence-corrected chi connectivity index (χ3v) is 5.24.